The number of aryl methyl sites for hydroxylation is 2. The third-order valence-corrected chi connectivity index (χ3v) is 6.29. The average Bonchev–Trinajstić information content (AvgIpc) is 2.86. The number of aromatic nitrogens is 2. The van der Waals surface area contributed by atoms with E-state index in [2.05, 4.69) is 56.5 Å². The molecule has 0 aliphatic carbocycles. The summed E-state index contributed by atoms with van der Waals surface area (Å²) in [5, 5.41) is 6.55. The molecule has 1 saturated heterocycles. The lowest BCUT2D eigenvalue weighted by molar-refractivity contribution is 0.101. The molecule has 7 nitrogen and oxygen atoms in total. The highest BCUT2D eigenvalue weighted by Crippen LogP contribution is 2.23. The van der Waals surface area contributed by atoms with Crippen LogP contribution in [-0.2, 0) is 13.0 Å². The van der Waals surface area contributed by atoms with Gasteiger partial charge in [0.25, 0.3) is 0 Å². The van der Waals surface area contributed by atoms with Crippen LogP contribution in [0.4, 0.5) is 17.3 Å². The molecule has 0 bridgehead atoms. The Labute approximate surface area is 202 Å². The number of carbonyl (C=O) groups excluding carboxylic acids is 1. The summed E-state index contributed by atoms with van der Waals surface area (Å²) in [6.07, 6.45) is 2.62. The molecule has 3 aromatic rings. The molecule has 1 aliphatic rings. The van der Waals surface area contributed by atoms with E-state index < -0.39 is 0 Å². The first-order chi connectivity index (χ1) is 16.5. The second kappa shape index (κ2) is 11.2. The van der Waals surface area contributed by atoms with Gasteiger partial charge >= 0.3 is 0 Å². The zero-order valence-corrected chi connectivity index (χ0v) is 20.3. The zero-order chi connectivity index (χ0) is 23.9. The molecule has 0 atom stereocenters. The van der Waals surface area contributed by atoms with Crippen LogP contribution in [0.3, 0.4) is 0 Å². The van der Waals surface area contributed by atoms with E-state index in [-0.39, 0.29) is 12.3 Å². The quantitative estimate of drug-likeness (QED) is 0.467. The van der Waals surface area contributed by atoms with Crippen molar-refractivity contribution in [2.45, 2.75) is 26.8 Å². The summed E-state index contributed by atoms with van der Waals surface area (Å²) in [6.45, 7) is 9.67. The summed E-state index contributed by atoms with van der Waals surface area (Å²) in [5.41, 5.74) is 5.84. The molecule has 0 radical (unpaired) electrons. The van der Waals surface area contributed by atoms with Crippen LogP contribution in [0.2, 0.25) is 0 Å². The van der Waals surface area contributed by atoms with Gasteiger partial charge in [-0.1, -0.05) is 37.3 Å². The number of anilines is 3. The Morgan fingerprint density at radius 1 is 1.03 bits per heavy atom. The topological polar surface area (TPSA) is 73.4 Å². The molecule has 0 spiro atoms. The Morgan fingerprint density at radius 3 is 2.53 bits per heavy atom. The Kier molecular flexibility index (Phi) is 7.87. The number of benzene rings is 2. The number of likely N-dealkylation sites (N-methyl/N-ethyl adjacent to an activating group) is 1. The lowest BCUT2D eigenvalue weighted by atomic mass is 10.1. The van der Waals surface area contributed by atoms with Gasteiger partial charge in [-0.2, -0.15) is 0 Å². The molecule has 34 heavy (non-hydrogen) atoms. The van der Waals surface area contributed by atoms with Crippen LogP contribution in [0.1, 0.15) is 34.1 Å². The van der Waals surface area contributed by atoms with Crippen molar-refractivity contribution in [1.29, 1.82) is 0 Å². The van der Waals surface area contributed by atoms with Crippen molar-refractivity contribution in [3.8, 4) is 0 Å². The molecule has 1 aliphatic heterocycles. The molecule has 0 amide bonds. The smallest absolute Gasteiger partial charge is 0.227 e. The SMILES string of the molecule is CCc1ccnc(Nc2cc(NCC(=O)c3ccc(CN4CCN(C)CC4)cc3)ccc2C)n1. The monoisotopic (exact) mass is 458 g/mol. The highest BCUT2D eigenvalue weighted by atomic mass is 16.1. The van der Waals surface area contributed by atoms with Crippen molar-refractivity contribution in [3.05, 3.63) is 77.1 Å². The van der Waals surface area contributed by atoms with Gasteiger partial charge in [-0.15, -0.1) is 0 Å². The van der Waals surface area contributed by atoms with Crippen molar-refractivity contribution >= 4 is 23.1 Å². The number of piperazine rings is 1. The number of Topliss-reactive ketones (excluding diaryl/α,β-unsaturated/α-hetero) is 1. The van der Waals surface area contributed by atoms with Crippen LogP contribution in [0.25, 0.3) is 0 Å². The molecule has 0 unspecified atom stereocenters. The van der Waals surface area contributed by atoms with Gasteiger partial charge in [-0.25, -0.2) is 9.97 Å². The van der Waals surface area contributed by atoms with Gasteiger partial charge in [0.1, 0.15) is 0 Å². The molecule has 2 N–H and O–H groups in total. The van der Waals surface area contributed by atoms with Crippen LogP contribution < -0.4 is 10.6 Å². The van der Waals surface area contributed by atoms with Crippen LogP contribution >= 0.6 is 0 Å². The summed E-state index contributed by atoms with van der Waals surface area (Å²) >= 11 is 0. The fraction of sp³-hybridized carbons (Fsp3) is 0.370. The molecule has 7 heteroatoms. The number of rotatable bonds is 9. The molecular weight excluding hydrogens is 424 g/mol. The summed E-state index contributed by atoms with van der Waals surface area (Å²) in [6, 6.07) is 15.9. The number of ketones is 1. The first-order valence-electron chi connectivity index (χ1n) is 12.0. The second-order valence-electron chi connectivity index (χ2n) is 8.93. The highest BCUT2D eigenvalue weighted by Gasteiger charge is 2.14. The Hall–Kier alpha value is -3.29. The normalized spacial score (nSPS) is 14.7. The molecule has 4 rings (SSSR count). The van der Waals surface area contributed by atoms with Gasteiger partial charge in [0.2, 0.25) is 5.95 Å². The minimum atomic E-state index is 0.0696. The minimum absolute atomic E-state index is 0.0696. The molecule has 1 fully saturated rings. The maximum absolute atomic E-state index is 12.8. The first kappa shape index (κ1) is 23.9. The van der Waals surface area contributed by atoms with Crippen LogP contribution in [0.15, 0.2) is 54.7 Å². The van der Waals surface area contributed by atoms with Gasteiger partial charge in [-0.3, -0.25) is 9.69 Å². The number of carbonyl (C=O) groups is 1. The maximum atomic E-state index is 12.8. The van der Waals surface area contributed by atoms with E-state index in [0.29, 0.717) is 5.95 Å². The number of hydrogen-bond acceptors (Lipinski definition) is 7. The summed E-state index contributed by atoms with van der Waals surface area (Å²) < 4.78 is 0. The van der Waals surface area contributed by atoms with Gasteiger partial charge in [0.15, 0.2) is 5.78 Å². The van der Waals surface area contributed by atoms with Crippen LogP contribution in [0.5, 0.6) is 0 Å². The lowest BCUT2D eigenvalue weighted by Gasteiger charge is -2.32. The van der Waals surface area contributed by atoms with Crippen LogP contribution in [0, 0.1) is 6.92 Å². The molecule has 0 saturated carbocycles. The number of hydrogen-bond donors (Lipinski definition) is 2. The van der Waals surface area contributed by atoms with E-state index in [0.717, 1.165) is 67.3 Å². The largest absolute Gasteiger partial charge is 0.378 e. The van der Waals surface area contributed by atoms with Crippen molar-refractivity contribution in [2.75, 3.05) is 50.4 Å². The summed E-state index contributed by atoms with van der Waals surface area (Å²) in [5.74, 6) is 0.646. The van der Waals surface area contributed by atoms with Gasteiger partial charge in [0.05, 0.1) is 6.54 Å². The summed E-state index contributed by atoms with van der Waals surface area (Å²) in [7, 11) is 2.17. The second-order valence-corrected chi connectivity index (χ2v) is 8.93. The third kappa shape index (κ3) is 6.40. The van der Waals surface area contributed by atoms with Crippen LogP contribution in [-0.4, -0.2) is 65.3 Å². The number of nitrogens with zero attached hydrogens (tertiary/aromatic N) is 4. The van der Waals surface area contributed by atoms with E-state index in [9.17, 15) is 4.79 Å². The van der Waals surface area contributed by atoms with E-state index in [1.165, 1.54) is 5.56 Å². The minimum Gasteiger partial charge on any atom is -0.378 e. The molecular formula is C27H34N6O. The molecule has 2 aromatic carbocycles. The van der Waals surface area contributed by atoms with Gasteiger partial charge < -0.3 is 15.5 Å². The van der Waals surface area contributed by atoms with Crippen molar-refractivity contribution in [1.82, 2.24) is 19.8 Å². The van der Waals surface area contributed by atoms with Crippen molar-refractivity contribution in [2.24, 2.45) is 0 Å². The van der Waals surface area contributed by atoms with Gasteiger partial charge in [0, 0.05) is 61.6 Å². The fourth-order valence-corrected chi connectivity index (χ4v) is 3.98. The number of nitrogens with one attached hydrogen (secondary N) is 2. The van der Waals surface area contributed by atoms with Gasteiger partial charge in [-0.05, 0) is 49.7 Å². The predicted octanol–water partition coefficient (Wildman–Crippen LogP) is 4.13. The molecule has 1 aromatic heterocycles. The van der Waals surface area contributed by atoms with Crippen molar-refractivity contribution < 1.29 is 4.79 Å². The van der Waals surface area contributed by atoms with E-state index in [4.69, 9.17) is 0 Å². The third-order valence-electron chi connectivity index (χ3n) is 6.29. The van der Waals surface area contributed by atoms with E-state index >= 15 is 0 Å². The maximum Gasteiger partial charge on any atom is 0.227 e. The standard InChI is InChI=1S/C27H34N6O/c1-4-23-11-12-28-27(30-23)31-25-17-24(10-5-20(25)2)29-18-26(34)22-8-6-21(7-9-22)19-33-15-13-32(3)14-16-33/h5-12,17,29H,4,13-16,18-19H2,1-3H3,(H,28,30,31). The first-order valence-corrected chi connectivity index (χ1v) is 12.0. The predicted molar refractivity (Wildman–Crippen MR) is 138 cm³/mol. The average molecular weight is 459 g/mol. The highest BCUT2D eigenvalue weighted by molar-refractivity contribution is 5.99. The fourth-order valence-electron chi connectivity index (χ4n) is 3.98. The van der Waals surface area contributed by atoms with E-state index in [1.807, 2.05) is 43.3 Å². The van der Waals surface area contributed by atoms with E-state index in [1.54, 1.807) is 6.20 Å². The molecule has 2 heterocycles. The lowest BCUT2D eigenvalue weighted by Crippen LogP contribution is -2.43. The summed E-state index contributed by atoms with van der Waals surface area (Å²) in [4.78, 5) is 26.4. The Balaban J connectivity index is 1.33. The molecule has 178 valence electrons. The zero-order valence-electron chi connectivity index (χ0n) is 20.3. The van der Waals surface area contributed by atoms with Crippen molar-refractivity contribution in [3.63, 3.8) is 0 Å². The Bertz CT molecular complexity index is 1110. The Morgan fingerprint density at radius 2 is 1.79 bits per heavy atom.